The van der Waals surface area contributed by atoms with E-state index in [1.54, 1.807) is 10.9 Å². The zero-order chi connectivity index (χ0) is 18.1. The standard InChI is InChI=1S/C19H28N4O/c1-13-7-9-14(10-8-13)23-11-15(16(22-23)18(2,3)4)17(24)21-12-19(5,6)20/h7-11H,12,20H2,1-6H3,(H,21,24). The quantitative estimate of drug-likeness (QED) is 0.906. The molecule has 0 saturated carbocycles. The number of aromatic nitrogens is 2. The van der Waals surface area contributed by atoms with Crippen molar-refractivity contribution < 1.29 is 4.79 Å². The van der Waals surface area contributed by atoms with Crippen LogP contribution in [-0.4, -0.2) is 27.8 Å². The molecule has 0 bridgehead atoms. The Bertz CT molecular complexity index is 715. The van der Waals surface area contributed by atoms with Crippen molar-refractivity contribution in [3.63, 3.8) is 0 Å². The van der Waals surface area contributed by atoms with Gasteiger partial charge in [0.25, 0.3) is 5.91 Å². The van der Waals surface area contributed by atoms with E-state index in [2.05, 4.69) is 31.2 Å². The normalized spacial score (nSPS) is 12.3. The second-order valence-corrected chi connectivity index (χ2v) is 8.09. The molecule has 0 aliphatic rings. The molecule has 0 fully saturated rings. The average molecular weight is 328 g/mol. The molecule has 5 heteroatoms. The Labute approximate surface area is 144 Å². The van der Waals surface area contributed by atoms with Crippen LogP contribution in [0.3, 0.4) is 0 Å². The van der Waals surface area contributed by atoms with Gasteiger partial charge in [0.2, 0.25) is 0 Å². The van der Waals surface area contributed by atoms with E-state index >= 15 is 0 Å². The molecule has 0 atom stereocenters. The SMILES string of the molecule is Cc1ccc(-n2cc(C(=O)NCC(C)(C)N)c(C(C)(C)C)n2)cc1. The average Bonchev–Trinajstić information content (AvgIpc) is 2.90. The molecule has 0 aliphatic carbocycles. The third-order valence-electron chi connectivity index (χ3n) is 3.67. The van der Waals surface area contributed by atoms with Gasteiger partial charge < -0.3 is 11.1 Å². The van der Waals surface area contributed by atoms with Gasteiger partial charge in [0.05, 0.1) is 16.9 Å². The van der Waals surface area contributed by atoms with Gasteiger partial charge in [-0.25, -0.2) is 4.68 Å². The largest absolute Gasteiger partial charge is 0.350 e. The van der Waals surface area contributed by atoms with Gasteiger partial charge in [-0.3, -0.25) is 4.79 Å². The molecule has 1 heterocycles. The first kappa shape index (κ1) is 18.2. The summed E-state index contributed by atoms with van der Waals surface area (Å²) in [6.07, 6.45) is 1.80. The van der Waals surface area contributed by atoms with Crippen molar-refractivity contribution in [2.24, 2.45) is 5.73 Å². The number of aryl methyl sites for hydroxylation is 1. The Kier molecular flexibility index (Phi) is 4.85. The highest BCUT2D eigenvalue weighted by molar-refractivity contribution is 5.95. The van der Waals surface area contributed by atoms with Crippen LogP contribution < -0.4 is 11.1 Å². The summed E-state index contributed by atoms with van der Waals surface area (Å²) in [6, 6.07) is 8.06. The fourth-order valence-electron chi connectivity index (χ4n) is 2.33. The summed E-state index contributed by atoms with van der Waals surface area (Å²) in [5, 5.41) is 7.58. The highest BCUT2D eigenvalue weighted by Gasteiger charge is 2.27. The van der Waals surface area contributed by atoms with Gasteiger partial charge in [-0.2, -0.15) is 5.10 Å². The molecular formula is C19H28N4O. The van der Waals surface area contributed by atoms with Crippen molar-refractivity contribution >= 4 is 5.91 Å². The zero-order valence-electron chi connectivity index (χ0n) is 15.5. The van der Waals surface area contributed by atoms with Gasteiger partial charge >= 0.3 is 0 Å². The van der Waals surface area contributed by atoms with Gasteiger partial charge in [0.1, 0.15) is 0 Å². The maximum atomic E-state index is 12.6. The van der Waals surface area contributed by atoms with Crippen LogP contribution in [0.25, 0.3) is 5.69 Å². The minimum atomic E-state index is -0.454. The highest BCUT2D eigenvalue weighted by atomic mass is 16.1. The van der Waals surface area contributed by atoms with Crippen molar-refractivity contribution in [3.8, 4) is 5.69 Å². The summed E-state index contributed by atoms with van der Waals surface area (Å²) < 4.78 is 1.77. The maximum absolute atomic E-state index is 12.6. The number of hydrogen-bond acceptors (Lipinski definition) is 3. The molecule has 1 aromatic carbocycles. The number of nitrogens with one attached hydrogen (secondary N) is 1. The van der Waals surface area contributed by atoms with Crippen LogP contribution >= 0.6 is 0 Å². The van der Waals surface area contributed by atoms with Crippen LogP contribution in [-0.2, 0) is 5.41 Å². The first-order valence-corrected chi connectivity index (χ1v) is 8.22. The Morgan fingerprint density at radius 2 is 1.75 bits per heavy atom. The monoisotopic (exact) mass is 328 g/mol. The minimum Gasteiger partial charge on any atom is -0.350 e. The highest BCUT2D eigenvalue weighted by Crippen LogP contribution is 2.25. The van der Waals surface area contributed by atoms with E-state index in [9.17, 15) is 4.79 Å². The number of nitrogens with zero attached hydrogens (tertiary/aromatic N) is 2. The number of carbonyl (C=O) groups excluding carboxylic acids is 1. The van der Waals surface area contributed by atoms with Crippen molar-refractivity contribution in [2.45, 2.75) is 52.5 Å². The zero-order valence-corrected chi connectivity index (χ0v) is 15.5. The molecule has 0 radical (unpaired) electrons. The summed E-state index contributed by atoms with van der Waals surface area (Å²) in [5.41, 5.74) is 8.75. The van der Waals surface area contributed by atoms with Crippen LogP contribution in [0, 0.1) is 6.92 Å². The summed E-state index contributed by atoms with van der Waals surface area (Å²) >= 11 is 0. The first-order valence-electron chi connectivity index (χ1n) is 8.22. The molecular weight excluding hydrogens is 300 g/mol. The lowest BCUT2D eigenvalue weighted by Crippen LogP contribution is -2.45. The van der Waals surface area contributed by atoms with Crippen molar-refractivity contribution in [1.29, 1.82) is 0 Å². The number of nitrogens with two attached hydrogens (primary N) is 1. The van der Waals surface area contributed by atoms with Crippen molar-refractivity contribution in [3.05, 3.63) is 47.3 Å². The fourth-order valence-corrected chi connectivity index (χ4v) is 2.33. The molecule has 0 spiro atoms. The Morgan fingerprint density at radius 3 is 2.25 bits per heavy atom. The summed E-state index contributed by atoms with van der Waals surface area (Å²) in [5.74, 6) is -0.142. The van der Waals surface area contributed by atoms with E-state index in [1.165, 1.54) is 5.56 Å². The van der Waals surface area contributed by atoms with Gasteiger partial charge in [0.15, 0.2) is 0 Å². The third kappa shape index (κ3) is 4.45. The summed E-state index contributed by atoms with van der Waals surface area (Å²) in [6.45, 7) is 12.4. The smallest absolute Gasteiger partial charge is 0.254 e. The molecule has 5 nitrogen and oxygen atoms in total. The van der Waals surface area contributed by atoms with E-state index in [4.69, 9.17) is 5.73 Å². The molecule has 0 aliphatic heterocycles. The lowest BCUT2D eigenvalue weighted by atomic mass is 9.89. The van der Waals surface area contributed by atoms with Crippen molar-refractivity contribution in [1.82, 2.24) is 15.1 Å². The van der Waals surface area contributed by atoms with E-state index in [0.29, 0.717) is 12.1 Å². The molecule has 1 aromatic heterocycles. The molecule has 2 rings (SSSR count). The first-order chi connectivity index (χ1) is 11.0. The Morgan fingerprint density at radius 1 is 1.17 bits per heavy atom. The molecule has 130 valence electrons. The van der Waals surface area contributed by atoms with Gasteiger partial charge in [0, 0.05) is 23.7 Å². The number of rotatable bonds is 4. The van der Waals surface area contributed by atoms with Crippen LogP contribution in [0.4, 0.5) is 0 Å². The molecule has 0 saturated heterocycles. The number of carbonyl (C=O) groups is 1. The topological polar surface area (TPSA) is 72.9 Å². The van der Waals surface area contributed by atoms with Gasteiger partial charge in [-0.05, 0) is 32.9 Å². The molecule has 0 unspecified atom stereocenters. The predicted molar refractivity (Wildman–Crippen MR) is 97.6 cm³/mol. The lowest BCUT2D eigenvalue weighted by molar-refractivity contribution is 0.0944. The number of benzene rings is 1. The Balaban J connectivity index is 2.39. The van der Waals surface area contributed by atoms with Crippen LogP contribution in [0.2, 0.25) is 0 Å². The molecule has 24 heavy (non-hydrogen) atoms. The van der Waals surface area contributed by atoms with E-state index in [-0.39, 0.29) is 11.3 Å². The minimum absolute atomic E-state index is 0.142. The third-order valence-corrected chi connectivity index (χ3v) is 3.67. The van der Waals surface area contributed by atoms with Gasteiger partial charge in [-0.15, -0.1) is 0 Å². The molecule has 2 aromatic rings. The second-order valence-electron chi connectivity index (χ2n) is 8.09. The second kappa shape index (κ2) is 6.40. The van der Waals surface area contributed by atoms with Gasteiger partial charge in [-0.1, -0.05) is 38.5 Å². The van der Waals surface area contributed by atoms with Crippen LogP contribution in [0.15, 0.2) is 30.5 Å². The van der Waals surface area contributed by atoms with Crippen molar-refractivity contribution in [2.75, 3.05) is 6.54 Å². The van der Waals surface area contributed by atoms with Crippen LogP contribution in [0.1, 0.15) is 56.2 Å². The lowest BCUT2D eigenvalue weighted by Gasteiger charge is -2.20. The number of amides is 1. The van der Waals surface area contributed by atoms with E-state index in [0.717, 1.165) is 11.4 Å². The molecule has 3 N–H and O–H groups in total. The summed E-state index contributed by atoms with van der Waals surface area (Å²) in [4.78, 5) is 12.6. The van der Waals surface area contributed by atoms with E-state index < -0.39 is 5.54 Å². The number of hydrogen-bond donors (Lipinski definition) is 2. The molecule has 1 amide bonds. The maximum Gasteiger partial charge on any atom is 0.254 e. The predicted octanol–water partition coefficient (Wildman–Crippen LogP) is 2.95. The van der Waals surface area contributed by atoms with Crippen LogP contribution in [0.5, 0.6) is 0 Å². The Hall–Kier alpha value is -2.14. The summed E-state index contributed by atoms with van der Waals surface area (Å²) in [7, 11) is 0. The fraction of sp³-hybridized carbons (Fsp3) is 0.474. The van der Waals surface area contributed by atoms with E-state index in [1.807, 2.05) is 45.0 Å².